The molecule has 1 aliphatic carbocycles. The van der Waals surface area contributed by atoms with Crippen LogP contribution in [0.3, 0.4) is 0 Å². The molecule has 3 aromatic rings. The fourth-order valence-corrected chi connectivity index (χ4v) is 4.48. The van der Waals surface area contributed by atoms with Gasteiger partial charge in [0.2, 0.25) is 5.91 Å². The van der Waals surface area contributed by atoms with Gasteiger partial charge in [0, 0.05) is 16.1 Å². The maximum absolute atomic E-state index is 12.8. The number of hydrogen-bond acceptors (Lipinski definition) is 6. The first-order valence-electron chi connectivity index (χ1n) is 9.81. The molecule has 1 heterocycles. The summed E-state index contributed by atoms with van der Waals surface area (Å²) in [5.41, 5.74) is 3.36. The van der Waals surface area contributed by atoms with Gasteiger partial charge in [-0.3, -0.25) is 14.9 Å². The second kappa shape index (κ2) is 8.69. The van der Waals surface area contributed by atoms with E-state index >= 15 is 0 Å². The van der Waals surface area contributed by atoms with Gasteiger partial charge in [-0.1, -0.05) is 17.7 Å². The molecule has 0 saturated carbocycles. The molecule has 4 rings (SSSR count). The molecule has 1 unspecified atom stereocenters. The SMILES string of the molecule is COC(=O)c1ccc(NC(=O)C2CCc3sc(NC(=O)c4ccc(C)cc4)nc32)cc1. The molecule has 0 bridgehead atoms. The Morgan fingerprint density at radius 3 is 2.35 bits per heavy atom. The summed E-state index contributed by atoms with van der Waals surface area (Å²) in [5.74, 6) is -1.19. The van der Waals surface area contributed by atoms with Gasteiger partial charge in [-0.2, -0.15) is 0 Å². The highest BCUT2D eigenvalue weighted by molar-refractivity contribution is 7.16. The number of nitrogens with one attached hydrogen (secondary N) is 2. The molecule has 0 spiro atoms. The Kier molecular flexibility index (Phi) is 5.81. The van der Waals surface area contributed by atoms with Crippen molar-refractivity contribution in [2.24, 2.45) is 0 Å². The number of aryl methyl sites for hydroxylation is 2. The molecule has 7 nitrogen and oxygen atoms in total. The number of amides is 2. The van der Waals surface area contributed by atoms with E-state index in [2.05, 4.69) is 20.4 Å². The van der Waals surface area contributed by atoms with E-state index in [4.69, 9.17) is 0 Å². The molecule has 2 aromatic carbocycles. The van der Waals surface area contributed by atoms with Crippen LogP contribution in [0, 0.1) is 6.92 Å². The average Bonchev–Trinajstić information content (AvgIpc) is 3.34. The summed E-state index contributed by atoms with van der Waals surface area (Å²) in [6.45, 7) is 1.96. The number of thiazole rings is 1. The van der Waals surface area contributed by atoms with E-state index in [9.17, 15) is 14.4 Å². The van der Waals surface area contributed by atoms with Crippen molar-refractivity contribution in [1.29, 1.82) is 0 Å². The van der Waals surface area contributed by atoms with Gasteiger partial charge in [-0.15, -0.1) is 11.3 Å². The molecule has 0 saturated heterocycles. The molecule has 8 heteroatoms. The predicted molar refractivity (Wildman–Crippen MR) is 119 cm³/mol. The van der Waals surface area contributed by atoms with Gasteiger partial charge in [0.05, 0.1) is 24.3 Å². The third-order valence-electron chi connectivity index (χ3n) is 5.14. The number of fused-ring (bicyclic) bond motifs is 1. The van der Waals surface area contributed by atoms with E-state index in [1.165, 1.54) is 18.4 Å². The van der Waals surface area contributed by atoms with Crippen molar-refractivity contribution in [3.8, 4) is 0 Å². The first kappa shape index (κ1) is 20.7. The first-order valence-corrected chi connectivity index (χ1v) is 10.6. The number of carbonyl (C=O) groups is 3. The minimum atomic E-state index is -0.430. The molecule has 1 aromatic heterocycles. The van der Waals surface area contributed by atoms with Crippen LogP contribution in [0.4, 0.5) is 10.8 Å². The molecule has 2 amide bonds. The van der Waals surface area contributed by atoms with Gasteiger partial charge in [-0.25, -0.2) is 9.78 Å². The lowest BCUT2D eigenvalue weighted by Gasteiger charge is -2.11. The highest BCUT2D eigenvalue weighted by Gasteiger charge is 2.33. The zero-order valence-corrected chi connectivity index (χ0v) is 17.9. The molecular weight excluding hydrogens is 414 g/mol. The van der Waals surface area contributed by atoms with Crippen molar-refractivity contribution in [3.05, 3.63) is 75.8 Å². The van der Waals surface area contributed by atoms with E-state index < -0.39 is 5.97 Å². The summed E-state index contributed by atoms with van der Waals surface area (Å²) in [4.78, 5) is 42.3. The zero-order valence-electron chi connectivity index (χ0n) is 17.1. The second-order valence-corrected chi connectivity index (χ2v) is 8.38. The van der Waals surface area contributed by atoms with E-state index in [0.717, 1.165) is 16.9 Å². The lowest BCUT2D eigenvalue weighted by molar-refractivity contribution is -0.117. The van der Waals surface area contributed by atoms with Crippen molar-refractivity contribution < 1.29 is 19.1 Å². The number of benzene rings is 2. The van der Waals surface area contributed by atoms with Crippen molar-refractivity contribution in [1.82, 2.24) is 4.98 Å². The van der Waals surface area contributed by atoms with E-state index in [1.807, 2.05) is 19.1 Å². The van der Waals surface area contributed by atoms with Gasteiger partial charge >= 0.3 is 5.97 Å². The van der Waals surface area contributed by atoms with Crippen LogP contribution in [0.1, 0.15) is 49.2 Å². The molecule has 2 N–H and O–H groups in total. The summed E-state index contributed by atoms with van der Waals surface area (Å²) in [6.07, 6.45) is 1.42. The Hall–Kier alpha value is -3.52. The number of methoxy groups -OCH3 is 1. The van der Waals surface area contributed by atoms with E-state index in [1.54, 1.807) is 36.4 Å². The number of rotatable bonds is 5. The zero-order chi connectivity index (χ0) is 22.0. The Labute approximate surface area is 183 Å². The second-order valence-electron chi connectivity index (χ2n) is 7.30. The van der Waals surface area contributed by atoms with Gasteiger partial charge < -0.3 is 10.1 Å². The summed E-state index contributed by atoms with van der Waals surface area (Å²) in [6, 6.07) is 13.8. The third kappa shape index (κ3) is 4.49. The number of carbonyl (C=O) groups excluding carboxylic acids is 3. The Morgan fingerprint density at radius 2 is 1.68 bits per heavy atom. The maximum Gasteiger partial charge on any atom is 0.337 e. The molecule has 1 aliphatic rings. The van der Waals surface area contributed by atoms with Crippen molar-refractivity contribution in [2.45, 2.75) is 25.7 Å². The quantitative estimate of drug-likeness (QED) is 0.587. The predicted octanol–water partition coefficient (Wildman–Crippen LogP) is 4.16. The van der Waals surface area contributed by atoms with Crippen molar-refractivity contribution in [3.63, 3.8) is 0 Å². The minimum absolute atomic E-state index is 0.161. The van der Waals surface area contributed by atoms with Crippen LogP contribution in [0.25, 0.3) is 0 Å². The van der Waals surface area contributed by atoms with Crippen LogP contribution < -0.4 is 10.6 Å². The number of ether oxygens (including phenoxy) is 1. The standard InChI is InChI=1S/C23H21N3O4S/c1-13-3-5-14(6-4-13)20(27)26-23-25-19-17(11-12-18(19)31-23)21(28)24-16-9-7-15(8-10-16)22(29)30-2/h3-10,17H,11-12H2,1-2H3,(H,24,28)(H,25,26,27). The topological polar surface area (TPSA) is 97.4 Å². The minimum Gasteiger partial charge on any atom is -0.465 e. The number of esters is 1. The molecule has 0 fully saturated rings. The molecular formula is C23H21N3O4S. The van der Waals surface area contributed by atoms with Gasteiger partial charge in [0.25, 0.3) is 5.91 Å². The summed E-state index contributed by atoms with van der Waals surface area (Å²) >= 11 is 1.41. The summed E-state index contributed by atoms with van der Waals surface area (Å²) in [5, 5.41) is 6.20. The van der Waals surface area contributed by atoms with Gasteiger partial charge in [0.1, 0.15) is 0 Å². The van der Waals surface area contributed by atoms with Gasteiger partial charge in [0.15, 0.2) is 5.13 Å². The van der Waals surface area contributed by atoms with Crippen LogP contribution in [-0.4, -0.2) is 29.9 Å². The maximum atomic E-state index is 12.8. The highest BCUT2D eigenvalue weighted by atomic mass is 32.1. The molecule has 31 heavy (non-hydrogen) atoms. The van der Waals surface area contributed by atoms with Crippen molar-refractivity contribution in [2.75, 3.05) is 17.7 Å². The smallest absolute Gasteiger partial charge is 0.337 e. The monoisotopic (exact) mass is 435 g/mol. The van der Waals surface area contributed by atoms with Crippen LogP contribution in [0.15, 0.2) is 48.5 Å². The number of nitrogens with zero attached hydrogens (tertiary/aromatic N) is 1. The average molecular weight is 436 g/mol. The number of hydrogen-bond donors (Lipinski definition) is 2. The Bertz CT molecular complexity index is 1140. The number of anilines is 2. The third-order valence-corrected chi connectivity index (χ3v) is 6.19. The molecule has 1 atom stereocenters. The van der Waals surface area contributed by atoms with Crippen LogP contribution in [0.5, 0.6) is 0 Å². The largest absolute Gasteiger partial charge is 0.465 e. The van der Waals surface area contributed by atoms with Gasteiger partial charge in [-0.05, 0) is 56.2 Å². The lowest BCUT2D eigenvalue weighted by atomic mass is 10.1. The Balaban J connectivity index is 1.43. The highest BCUT2D eigenvalue weighted by Crippen LogP contribution is 2.39. The summed E-state index contributed by atoms with van der Waals surface area (Å²) in [7, 11) is 1.32. The van der Waals surface area contributed by atoms with Crippen LogP contribution in [-0.2, 0) is 16.0 Å². The first-order chi connectivity index (χ1) is 14.9. The van der Waals surface area contributed by atoms with Crippen LogP contribution in [0.2, 0.25) is 0 Å². The Morgan fingerprint density at radius 1 is 1.00 bits per heavy atom. The molecule has 0 aliphatic heterocycles. The normalized spacial score (nSPS) is 14.6. The lowest BCUT2D eigenvalue weighted by Crippen LogP contribution is -2.20. The van der Waals surface area contributed by atoms with Crippen LogP contribution >= 0.6 is 11.3 Å². The molecule has 0 radical (unpaired) electrons. The fourth-order valence-electron chi connectivity index (χ4n) is 3.45. The number of aromatic nitrogens is 1. The van der Waals surface area contributed by atoms with E-state index in [0.29, 0.717) is 34.1 Å². The van der Waals surface area contributed by atoms with E-state index in [-0.39, 0.29) is 17.7 Å². The summed E-state index contributed by atoms with van der Waals surface area (Å²) < 4.78 is 4.68. The molecule has 158 valence electrons. The van der Waals surface area contributed by atoms with Crippen molar-refractivity contribution >= 4 is 39.9 Å². The fraction of sp³-hybridized carbons (Fsp3) is 0.217.